The second-order valence-corrected chi connectivity index (χ2v) is 6.43. The maximum Gasteiger partial charge on any atom is 0.401 e. The van der Waals surface area contributed by atoms with Gasteiger partial charge in [0.15, 0.2) is 0 Å². The monoisotopic (exact) mass is 321 g/mol. The van der Waals surface area contributed by atoms with Gasteiger partial charge in [0.1, 0.15) is 0 Å². The largest absolute Gasteiger partial charge is 0.401 e. The minimum atomic E-state index is -4.15. The van der Waals surface area contributed by atoms with Crippen molar-refractivity contribution in [2.75, 3.05) is 39.3 Å². The molecule has 2 fully saturated rings. The van der Waals surface area contributed by atoms with Crippen molar-refractivity contribution in [3.05, 3.63) is 0 Å². The predicted molar refractivity (Wildman–Crippen MR) is 78.5 cm³/mol. The highest BCUT2D eigenvalue weighted by molar-refractivity contribution is 5.77. The molecule has 2 rings (SSSR count). The zero-order valence-corrected chi connectivity index (χ0v) is 13.2. The van der Waals surface area contributed by atoms with Gasteiger partial charge >= 0.3 is 6.18 Å². The number of carbonyl (C=O) groups excluding carboxylic acids is 1. The van der Waals surface area contributed by atoms with Crippen LogP contribution in [0.5, 0.6) is 0 Å². The fourth-order valence-electron chi connectivity index (χ4n) is 3.40. The quantitative estimate of drug-likeness (QED) is 0.811. The van der Waals surface area contributed by atoms with Gasteiger partial charge in [0.25, 0.3) is 0 Å². The molecule has 22 heavy (non-hydrogen) atoms. The number of alkyl halides is 3. The summed E-state index contributed by atoms with van der Waals surface area (Å²) in [5, 5.41) is 3.31. The van der Waals surface area contributed by atoms with Gasteiger partial charge in [-0.2, -0.15) is 13.2 Å². The number of nitrogens with one attached hydrogen (secondary N) is 1. The van der Waals surface area contributed by atoms with Crippen LogP contribution in [0.15, 0.2) is 0 Å². The van der Waals surface area contributed by atoms with Crippen LogP contribution in [0.3, 0.4) is 0 Å². The molecule has 0 saturated carbocycles. The van der Waals surface area contributed by atoms with E-state index in [1.54, 1.807) is 6.92 Å². The van der Waals surface area contributed by atoms with Gasteiger partial charge in [0.2, 0.25) is 5.91 Å². The van der Waals surface area contributed by atoms with E-state index in [2.05, 4.69) is 5.32 Å². The third-order valence-corrected chi connectivity index (χ3v) is 4.59. The van der Waals surface area contributed by atoms with Crippen LogP contribution in [0.4, 0.5) is 13.2 Å². The molecule has 0 aliphatic carbocycles. The second-order valence-electron chi connectivity index (χ2n) is 6.43. The van der Waals surface area contributed by atoms with E-state index >= 15 is 0 Å². The summed E-state index contributed by atoms with van der Waals surface area (Å²) < 4.78 is 37.5. The van der Waals surface area contributed by atoms with E-state index in [-0.39, 0.29) is 17.9 Å². The van der Waals surface area contributed by atoms with Crippen LogP contribution >= 0.6 is 0 Å². The van der Waals surface area contributed by atoms with E-state index in [4.69, 9.17) is 0 Å². The minimum absolute atomic E-state index is 0.140. The molecule has 0 radical (unpaired) electrons. The molecule has 2 atom stereocenters. The summed E-state index contributed by atoms with van der Waals surface area (Å²) in [6.45, 7) is 3.94. The molecule has 1 amide bonds. The zero-order valence-electron chi connectivity index (χ0n) is 13.2. The van der Waals surface area contributed by atoms with Crippen molar-refractivity contribution in [2.24, 2.45) is 5.92 Å². The molecule has 1 N–H and O–H groups in total. The predicted octanol–water partition coefficient (Wildman–Crippen LogP) is 1.86. The van der Waals surface area contributed by atoms with E-state index in [1.807, 2.05) is 4.90 Å². The lowest BCUT2D eigenvalue weighted by Gasteiger charge is -2.25. The molecule has 2 unspecified atom stereocenters. The van der Waals surface area contributed by atoms with E-state index < -0.39 is 12.7 Å². The average molecular weight is 321 g/mol. The molecule has 2 aliphatic rings. The lowest BCUT2D eigenvalue weighted by molar-refractivity contribution is -0.146. The zero-order chi connectivity index (χ0) is 16.2. The van der Waals surface area contributed by atoms with Gasteiger partial charge in [-0.15, -0.1) is 0 Å². The minimum Gasteiger partial charge on any atom is -0.342 e. The summed E-state index contributed by atoms with van der Waals surface area (Å²) in [7, 11) is 0. The van der Waals surface area contributed by atoms with Gasteiger partial charge in [-0.25, -0.2) is 0 Å². The van der Waals surface area contributed by atoms with E-state index in [9.17, 15) is 18.0 Å². The van der Waals surface area contributed by atoms with Gasteiger partial charge in [-0.1, -0.05) is 6.92 Å². The lowest BCUT2D eigenvalue weighted by Crippen LogP contribution is -2.39. The average Bonchev–Trinajstić information content (AvgIpc) is 3.07. The Morgan fingerprint density at radius 1 is 1.36 bits per heavy atom. The Morgan fingerprint density at radius 3 is 2.73 bits per heavy atom. The van der Waals surface area contributed by atoms with Crippen LogP contribution in [0.1, 0.15) is 32.6 Å². The van der Waals surface area contributed by atoms with E-state index in [1.165, 1.54) is 4.90 Å². The Labute approximate surface area is 130 Å². The van der Waals surface area contributed by atoms with Gasteiger partial charge in [-0.05, 0) is 38.3 Å². The van der Waals surface area contributed by atoms with Crippen LogP contribution < -0.4 is 5.32 Å². The Kier molecular flexibility index (Phi) is 6.09. The topological polar surface area (TPSA) is 35.6 Å². The van der Waals surface area contributed by atoms with Gasteiger partial charge in [-0.3, -0.25) is 9.69 Å². The van der Waals surface area contributed by atoms with Crippen molar-refractivity contribution in [3.8, 4) is 0 Å². The molecular weight excluding hydrogens is 295 g/mol. The van der Waals surface area contributed by atoms with E-state index in [0.29, 0.717) is 32.6 Å². The van der Waals surface area contributed by atoms with Crippen LogP contribution in [-0.4, -0.2) is 67.2 Å². The number of hydrogen-bond donors (Lipinski definition) is 1. The number of likely N-dealkylation sites (tertiary alicyclic amines) is 1. The highest BCUT2D eigenvalue weighted by Gasteiger charge is 2.33. The molecule has 0 aromatic heterocycles. The van der Waals surface area contributed by atoms with Gasteiger partial charge < -0.3 is 10.2 Å². The summed E-state index contributed by atoms with van der Waals surface area (Å²) in [6.07, 6.45) is -0.676. The molecule has 4 nitrogen and oxygen atoms in total. The normalized spacial score (nSPS) is 26.1. The smallest absolute Gasteiger partial charge is 0.342 e. The number of halogens is 3. The highest BCUT2D eigenvalue weighted by Crippen LogP contribution is 2.22. The number of rotatable bonds is 6. The lowest BCUT2D eigenvalue weighted by atomic mass is 10.1. The number of amides is 1. The van der Waals surface area contributed by atoms with Crippen molar-refractivity contribution in [1.82, 2.24) is 15.1 Å². The third kappa shape index (κ3) is 5.43. The molecule has 0 spiro atoms. The maximum absolute atomic E-state index is 12.5. The molecule has 128 valence electrons. The fraction of sp³-hybridized carbons (Fsp3) is 0.933. The Balaban J connectivity index is 1.75. The highest BCUT2D eigenvalue weighted by atomic mass is 19.4. The van der Waals surface area contributed by atoms with Crippen LogP contribution in [-0.2, 0) is 4.79 Å². The Bertz CT molecular complexity index is 370. The standard InChI is InChI=1S/C15H26F3N3O/c1-2-20(11-15(16,17)18)9-12-5-7-21(10-12)14(22)8-13-4-3-6-19-13/h12-13,19H,2-11H2,1H3. The first-order valence-electron chi connectivity index (χ1n) is 8.17. The first-order valence-corrected chi connectivity index (χ1v) is 8.17. The van der Waals surface area contributed by atoms with Crippen LogP contribution in [0, 0.1) is 5.92 Å². The molecule has 0 aromatic rings. The maximum atomic E-state index is 12.5. The summed E-state index contributed by atoms with van der Waals surface area (Å²) in [5.74, 6) is 0.295. The third-order valence-electron chi connectivity index (χ3n) is 4.59. The van der Waals surface area contributed by atoms with Gasteiger partial charge in [0.05, 0.1) is 6.54 Å². The molecule has 2 aliphatic heterocycles. The summed E-state index contributed by atoms with van der Waals surface area (Å²) in [6, 6.07) is 0.281. The second kappa shape index (κ2) is 7.64. The first kappa shape index (κ1) is 17.5. The molecule has 0 bridgehead atoms. The van der Waals surface area contributed by atoms with Crippen molar-refractivity contribution in [2.45, 2.75) is 44.8 Å². The van der Waals surface area contributed by atoms with Crippen molar-refractivity contribution in [1.29, 1.82) is 0 Å². The fourth-order valence-corrected chi connectivity index (χ4v) is 3.40. The van der Waals surface area contributed by atoms with E-state index in [0.717, 1.165) is 25.8 Å². The van der Waals surface area contributed by atoms with Crippen molar-refractivity contribution < 1.29 is 18.0 Å². The molecule has 2 heterocycles. The van der Waals surface area contributed by atoms with Crippen molar-refractivity contribution >= 4 is 5.91 Å². The number of hydrogen-bond acceptors (Lipinski definition) is 3. The summed E-state index contributed by atoms with van der Waals surface area (Å²) in [5.41, 5.74) is 0. The van der Waals surface area contributed by atoms with Crippen LogP contribution in [0.2, 0.25) is 0 Å². The first-order chi connectivity index (χ1) is 10.4. The summed E-state index contributed by atoms with van der Waals surface area (Å²) >= 11 is 0. The molecule has 7 heteroatoms. The number of carbonyl (C=O) groups is 1. The Hall–Kier alpha value is -0.820. The molecule has 2 saturated heterocycles. The Morgan fingerprint density at radius 2 is 2.14 bits per heavy atom. The molecule has 0 aromatic carbocycles. The molecular formula is C15H26F3N3O. The van der Waals surface area contributed by atoms with Crippen molar-refractivity contribution in [3.63, 3.8) is 0 Å². The number of nitrogens with zero attached hydrogens (tertiary/aromatic N) is 2. The summed E-state index contributed by atoms with van der Waals surface area (Å²) in [4.78, 5) is 15.5. The van der Waals surface area contributed by atoms with Crippen LogP contribution in [0.25, 0.3) is 0 Å². The SMILES string of the molecule is CCN(CC1CCN(C(=O)CC2CCCN2)C1)CC(F)(F)F. The van der Waals surface area contributed by atoms with Gasteiger partial charge in [0, 0.05) is 32.1 Å².